The maximum Gasteiger partial charge on any atom is 0.0731 e. The molecule has 232 valence electrons. The van der Waals surface area contributed by atoms with E-state index in [1.165, 1.54) is 88.0 Å². The summed E-state index contributed by atoms with van der Waals surface area (Å²) in [4.78, 5) is 0. The number of anilines is 2. The van der Waals surface area contributed by atoms with Crippen molar-refractivity contribution in [1.29, 1.82) is 0 Å². The highest BCUT2D eigenvalue weighted by Gasteiger charge is 2.52. The van der Waals surface area contributed by atoms with Crippen LogP contribution in [0.2, 0.25) is 0 Å². The largest absolute Gasteiger partial charge is 0.356 e. The molecule has 0 heterocycles. The zero-order chi connectivity index (χ0) is 32.8. The fourth-order valence-electron chi connectivity index (χ4n) is 9.19. The third-order valence-corrected chi connectivity index (χ3v) is 11.2. The number of fused-ring (bicyclic) bond motifs is 15. The molecule has 1 heteroatoms. The summed E-state index contributed by atoms with van der Waals surface area (Å²) in [6.07, 6.45) is 0. The van der Waals surface area contributed by atoms with Gasteiger partial charge in [-0.15, -0.1) is 0 Å². The lowest BCUT2D eigenvalue weighted by atomic mass is 9.69. The molecule has 2 aliphatic rings. The van der Waals surface area contributed by atoms with Crippen LogP contribution >= 0.6 is 0 Å². The summed E-state index contributed by atoms with van der Waals surface area (Å²) in [7, 11) is 0. The van der Waals surface area contributed by atoms with E-state index in [0.717, 1.165) is 11.4 Å². The Hall–Kier alpha value is -6.44. The van der Waals surface area contributed by atoms with Crippen molar-refractivity contribution in [3.63, 3.8) is 0 Å². The Kier molecular flexibility index (Phi) is 5.66. The fourth-order valence-corrected chi connectivity index (χ4v) is 9.19. The summed E-state index contributed by atoms with van der Waals surface area (Å²) in [6, 6.07) is 67.2. The van der Waals surface area contributed by atoms with E-state index in [-0.39, 0.29) is 5.41 Å². The van der Waals surface area contributed by atoms with Gasteiger partial charge in [-0.05, 0) is 118 Å². The van der Waals surface area contributed by atoms with Gasteiger partial charge in [0, 0.05) is 11.4 Å². The number of hydrogen-bond acceptors (Lipinski definition) is 1. The molecule has 0 amide bonds. The summed E-state index contributed by atoms with van der Waals surface area (Å²) < 4.78 is 0. The quantitative estimate of drug-likeness (QED) is 0.191. The molecule has 0 aliphatic heterocycles. The van der Waals surface area contributed by atoms with E-state index in [4.69, 9.17) is 0 Å². The number of hydrogen-bond donors (Lipinski definition) is 1. The van der Waals surface area contributed by atoms with Gasteiger partial charge in [0.1, 0.15) is 0 Å². The van der Waals surface area contributed by atoms with Gasteiger partial charge in [-0.2, -0.15) is 0 Å². The summed E-state index contributed by atoms with van der Waals surface area (Å²) in [5, 5.41) is 11.5. The van der Waals surface area contributed by atoms with Crippen LogP contribution in [0.3, 0.4) is 0 Å². The van der Waals surface area contributed by atoms with Gasteiger partial charge in [0.2, 0.25) is 0 Å². The minimum atomic E-state index is -0.373. The number of benzene rings is 9. The number of nitrogens with one attached hydrogen (secondary N) is 1. The predicted octanol–water partition coefficient (Wildman–Crippen LogP) is 12.9. The van der Waals surface area contributed by atoms with Gasteiger partial charge in [0.25, 0.3) is 0 Å². The Morgan fingerprint density at radius 1 is 0.320 bits per heavy atom. The third kappa shape index (κ3) is 3.67. The van der Waals surface area contributed by atoms with E-state index in [1.807, 2.05) is 0 Å². The lowest BCUT2D eigenvalue weighted by molar-refractivity contribution is 0.801. The Morgan fingerprint density at radius 3 is 1.68 bits per heavy atom. The predicted molar refractivity (Wildman–Crippen MR) is 210 cm³/mol. The molecule has 9 aromatic carbocycles. The first-order valence-corrected chi connectivity index (χ1v) is 17.4. The molecule has 1 spiro atoms. The normalized spacial score (nSPS) is 15.3. The van der Waals surface area contributed by atoms with Crippen LogP contribution in [0, 0.1) is 0 Å². The first-order chi connectivity index (χ1) is 24.8. The van der Waals surface area contributed by atoms with E-state index < -0.39 is 0 Å². The Labute approximate surface area is 291 Å². The molecular formula is C49H31N. The smallest absolute Gasteiger partial charge is 0.0731 e. The van der Waals surface area contributed by atoms with Crippen LogP contribution in [0.25, 0.3) is 65.7 Å². The van der Waals surface area contributed by atoms with Crippen molar-refractivity contribution in [1.82, 2.24) is 0 Å². The minimum Gasteiger partial charge on any atom is -0.356 e. The molecule has 0 radical (unpaired) electrons. The van der Waals surface area contributed by atoms with Gasteiger partial charge in [0.05, 0.1) is 5.41 Å². The van der Waals surface area contributed by atoms with Gasteiger partial charge in [0.15, 0.2) is 0 Å². The van der Waals surface area contributed by atoms with E-state index in [0.29, 0.717) is 0 Å². The zero-order valence-corrected chi connectivity index (χ0v) is 27.3. The van der Waals surface area contributed by atoms with Crippen molar-refractivity contribution < 1.29 is 0 Å². The molecule has 0 saturated carbocycles. The maximum atomic E-state index is 3.76. The monoisotopic (exact) mass is 633 g/mol. The molecule has 1 nitrogen and oxygen atoms in total. The van der Waals surface area contributed by atoms with Crippen molar-refractivity contribution in [3.05, 3.63) is 204 Å². The van der Waals surface area contributed by atoms with Crippen LogP contribution in [0.15, 0.2) is 182 Å². The lowest BCUT2D eigenvalue weighted by Crippen LogP contribution is -2.26. The zero-order valence-electron chi connectivity index (χ0n) is 27.3. The Bertz CT molecular complexity index is 2840. The van der Waals surface area contributed by atoms with Crippen LogP contribution in [-0.4, -0.2) is 0 Å². The van der Waals surface area contributed by atoms with E-state index in [9.17, 15) is 0 Å². The highest BCUT2D eigenvalue weighted by Crippen LogP contribution is 2.64. The topological polar surface area (TPSA) is 12.0 Å². The molecule has 0 aromatic heterocycles. The third-order valence-electron chi connectivity index (χ3n) is 11.2. The van der Waals surface area contributed by atoms with Gasteiger partial charge in [-0.3, -0.25) is 0 Å². The minimum absolute atomic E-state index is 0.373. The molecule has 50 heavy (non-hydrogen) atoms. The summed E-state index contributed by atoms with van der Waals surface area (Å²) >= 11 is 0. The van der Waals surface area contributed by atoms with Gasteiger partial charge in [-0.1, -0.05) is 152 Å². The standard InChI is InChI=1S/C49H31N/c1-4-14-37-31(11-1)23-27-42-40-17-7-9-19-45(40)49(48(37)42)46-20-10-8-18-41(46)44-30-35(26-28-47(44)49)50-34-24-21-32(22-25-34)43-29-33-12-2-3-13-36(33)38-15-5-6-16-39(38)43/h1-30,50H. The van der Waals surface area contributed by atoms with Crippen molar-refractivity contribution in [2.45, 2.75) is 5.41 Å². The van der Waals surface area contributed by atoms with Crippen LogP contribution in [0.4, 0.5) is 11.4 Å². The van der Waals surface area contributed by atoms with Crippen molar-refractivity contribution in [3.8, 4) is 33.4 Å². The van der Waals surface area contributed by atoms with Gasteiger partial charge in [-0.25, -0.2) is 0 Å². The Morgan fingerprint density at radius 2 is 0.900 bits per heavy atom. The highest BCUT2D eigenvalue weighted by atomic mass is 14.9. The SMILES string of the molecule is c1ccc2c(c1)-c1cc(Nc3ccc(-c4cc5ccccc5c5ccccc45)cc3)ccc1C21c2ccccc2-c2ccc3ccccc3c21. The average Bonchev–Trinajstić information content (AvgIpc) is 3.65. The summed E-state index contributed by atoms with van der Waals surface area (Å²) in [5.41, 5.74) is 15.0. The molecule has 1 unspecified atom stereocenters. The van der Waals surface area contributed by atoms with E-state index >= 15 is 0 Å². The molecule has 11 rings (SSSR count). The van der Waals surface area contributed by atoms with Crippen molar-refractivity contribution in [2.24, 2.45) is 0 Å². The molecule has 9 aromatic rings. The van der Waals surface area contributed by atoms with Crippen LogP contribution in [-0.2, 0) is 5.41 Å². The van der Waals surface area contributed by atoms with Crippen LogP contribution in [0.5, 0.6) is 0 Å². The molecule has 2 aliphatic carbocycles. The number of rotatable bonds is 3. The maximum absolute atomic E-state index is 3.76. The first-order valence-electron chi connectivity index (χ1n) is 17.4. The van der Waals surface area contributed by atoms with Gasteiger partial charge >= 0.3 is 0 Å². The average molecular weight is 634 g/mol. The van der Waals surface area contributed by atoms with Crippen LogP contribution < -0.4 is 5.32 Å². The molecule has 1 N–H and O–H groups in total. The molecule has 0 saturated heterocycles. The second-order valence-corrected chi connectivity index (χ2v) is 13.7. The van der Waals surface area contributed by atoms with Crippen LogP contribution in [0.1, 0.15) is 22.3 Å². The van der Waals surface area contributed by atoms with E-state index in [2.05, 4.69) is 187 Å². The molecule has 0 bridgehead atoms. The lowest BCUT2D eigenvalue weighted by Gasteiger charge is -2.31. The molecular weight excluding hydrogens is 603 g/mol. The van der Waals surface area contributed by atoms with Gasteiger partial charge < -0.3 is 5.32 Å². The molecule has 1 atom stereocenters. The second kappa shape index (κ2) is 10.3. The first kappa shape index (κ1) is 27.5. The Balaban J connectivity index is 1.03. The summed E-state index contributed by atoms with van der Waals surface area (Å²) in [6.45, 7) is 0. The van der Waals surface area contributed by atoms with Crippen molar-refractivity contribution in [2.75, 3.05) is 5.32 Å². The van der Waals surface area contributed by atoms with Crippen molar-refractivity contribution >= 4 is 43.7 Å². The second-order valence-electron chi connectivity index (χ2n) is 13.7. The molecule has 0 fully saturated rings. The van der Waals surface area contributed by atoms with E-state index in [1.54, 1.807) is 0 Å². The fraction of sp³-hybridized carbons (Fsp3) is 0.0204. The highest BCUT2D eigenvalue weighted by molar-refractivity contribution is 6.14. The summed E-state index contributed by atoms with van der Waals surface area (Å²) in [5.74, 6) is 0.